The molecule has 0 saturated carbocycles. The first kappa shape index (κ1) is 25.6. The molecule has 12 nitrogen and oxygen atoms in total. The number of hydrogen-bond donors (Lipinski definition) is 1. The maximum atomic E-state index is 12.7. The molecule has 37 heavy (non-hydrogen) atoms. The molecule has 0 amide bonds. The summed E-state index contributed by atoms with van der Waals surface area (Å²) in [5.41, 5.74) is 3.58. The van der Waals surface area contributed by atoms with Gasteiger partial charge in [0.05, 0.1) is 35.8 Å². The second-order valence-corrected chi connectivity index (χ2v) is 8.67. The molecule has 190 valence electrons. The number of carbonyl (C=O) groups excluding carboxylic acids is 1. The lowest BCUT2D eigenvalue weighted by molar-refractivity contribution is -0.393. The predicted octanol–water partition coefficient (Wildman–Crippen LogP) is 5.40. The van der Waals surface area contributed by atoms with Crippen molar-refractivity contribution in [1.82, 2.24) is 0 Å². The van der Waals surface area contributed by atoms with E-state index in [1.165, 1.54) is 20.3 Å². The Hall–Kier alpha value is -4.52. The van der Waals surface area contributed by atoms with Crippen LogP contribution in [0.15, 0.2) is 64.2 Å². The van der Waals surface area contributed by atoms with E-state index in [9.17, 15) is 25.0 Å². The molecule has 1 aliphatic heterocycles. The molecule has 0 saturated heterocycles. The van der Waals surface area contributed by atoms with Gasteiger partial charge in [-0.15, -0.1) is 0 Å². The van der Waals surface area contributed by atoms with Crippen molar-refractivity contribution >= 4 is 44.7 Å². The highest BCUT2D eigenvalue weighted by Gasteiger charge is 2.36. The molecular formula is C24H19BrN4O8. The van der Waals surface area contributed by atoms with Crippen LogP contribution in [0.4, 0.5) is 17.1 Å². The van der Waals surface area contributed by atoms with Gasteiger partial charge in [-0.1, -0.05) is 34.1 Å². The number of nitro benzene ring substituents is 2. The van der Waals surface area contributed by atoms with E-state index in [-0.39, 0.29) is 23.4 Å². The first-order chi connectivity index (χ1) is 17.7. The molecule has 1 N–H and O–H groups in total. The number of nitro groups is 2. The van der Waals surface area contributed by atoms with Gasteiger partial charge in [0.15, 0.2) is 11.5 Å². The molecule has 13 heteroatoms. The minimum Gasteiger partial charge on any atom is -0.493 e. The monoisotopic (exact) mass is 570 g/mol. The fourth-order valence-corrected chi connectivity index (χ4v) is 4.14. The highest BCUT2D eigenvalue weighted by Crippen LogP contribution is 2.43. The second-order valence-electron chi connectivity index (χ2n) is 7.76. The molecule has 1 aliphatic rings. The number of halogens is 1. The van der Waals surface area contributed by atoms with Gasteiger partial charge in [0.2, 0.25) is 0 Å². The van der Waals surface area contributed by atoms with Gasteiger partial charge in [-0.25, -0.2) is 4.79 Å². The third kappa shape index (κ3) is 5.21. The van der Waals surface area contributed by atoms with Crippen molar-refractivity contribution in [3.05, 3.63) is 96.0 Å². The number of ether oxygens (including phenoxy) is 3. The lowest BCUT2D eigenvalue weighted by Crippen LogP contribution is -2.11. The van der Waals surface area contributed by atoms with Crippen LogP contribution in [-0.4, -0.2) is 35.7 Å². The Labute approximate surface area is 218 Å². The van der Waals surface area contributed by atoms with E-state index in [1.54, 1.807) is 36.4 Å². The van der Waals surface area contributed by atoms with E-state index in [0.717, 1.165) is 16.6 Å². The van der Waals surface area contributed by atoms with Gasteiger partial charge in [0.25, 0.3) is 5.69 Å². The Morgan fingerprint density at radius 3 is 2.41 bits per heavy atom. The standard InChI is InChI=1S/C24H19BrN4O8/c1-35-20-10-8-16-21(37-24(30)22(16)23(20)36-2)12-18(13-3-5-14(25)6-4-13)27-26-17-9-7-15(28(31)32)11-19(17)29(33)34/h3-11,21,26H,12H2,1-2H3/b27-18-. The van der Waals surface area contributed by atoms with Crippen molar-refractivity contribution in [2.24, 2.45) is 5.10 Å². The van der Waals surface area contributed by atoms with E-state index >= 15 is 0 Å². The topological polar surface area (TPSA) is 155 Å². The maximum absolute atomic E-state index is 12.7. The van der Waals surface area contributed by atoms with Gasteiger partial charge in [-0.3, -0.25) is 25.7 Å². The van der Waals surface area contributed by atoms with Crippen LogP contribution in [0.5, 0.6) is 11.5 Å². The number of hydrazone groups is 1. The van der Waals surface area contributed by atoms with E-state index < -0.39 is 33.3 Å². The number of rotatable bonds is 9. The fourth-order valence-electron chi connectivity index (χ4n) is 3.88. The second kappa shape index (κ2) is 10.6. The number of nitrogens with zero attached hydrogens (tertiary/aromatic N) is 3. The minimum atomic E-state index is -0.737. The third-order valence-corrected chi connectivity index (χ3v) is 6.16. The van der Waals surface area contributed by atoms with Crippen LogP contribution in [0, 0.1) is 20.2 Å². The normalized spacial score (nSPS) is 14.5. The molecule has 1 atom stereocenters. The molecule has 4 rings (SSSR count). The van der Waals surface area contributed by atoms with E-state index in [2.05, 4.69) is 26.5 Å². The zero-order valence-electron chi connectivity index (χ0n) is 19.5. The summed E-state index contributed by atoms with van der Waals surface area (Å²) in [4.78, 5) is 33.8. The summed E-state index contributed by atoms with van der Waals surface area (Å²) in [5.74, 6) is 0.0620. The fraction of sp³-hybridized carbons (Fsp3) is 0.167. The van der Waals surface area contributed by atoms with E-state index in [4.69, 9.17) is 14.2 Å². The molecule has 0 radical (unpaired) electrons. The Bertz CT molecular complexity index is 1420. The number of nitrogens with one attached hydrogen (secondary N) is 1. The van der Waals surface area contributed by atoms with Crippen LogP contribution in [-0.2, 0) is 4.74 Å². The summed E-state index contributed by atoms with van der Waals surface area (Å²) >= 11 is 3.38. The van der Waals surface area contributed by atoms with Crippen molar-refractivity contribution in [2.45, 2.75) is 12.5 Å². The Morgan fingerprint density at radius 1 is 1.05 bits per heavy atom. The number of hydrogen-bond acceptors (Lipinski definition) is 10. The summed E-state index contributed by atoms with van der Waals surface area (Å²) in [6.45, 7) is 0. The van der Waals surface area contributed by atoms with Gasteiger partial charge >= 0.3 is 11.7 Å². The van der Waals surface area contributed by atoms with Crippen LogP contribution in [0.2, 0.25) is 0 Å². The molecule has 0 fully saturated rings. The Kier molecular flexibility index (Phi) is 7.34. The van der Waals surface area contributed by atoms with Gasteiger partial charge in [0, 0.05) is 22.5 Å². The molecule has 1 unspecified atom stereocenters. The van der Waals surface area contributed by atoms with Crippen LogP contribution >= 0.6 is 15.9 Å². The van der Waals surface area contributed by atoms with Gasteiger partial charge in [-0.05, 0) is 29.8 Å². The lowest BCUT2D eigenvalue weighted by atomic mass is 9.97. The number of esters is 1. The number of carbonyl (C=O) groups is 1. The van der Waals surface area contributed by atoms with Crippen molar-refractivity contribution in [1.29, 1.82) is 0 Å². The Balaban J connectivity index is 1.73. The van der Waals surface area contributed by atoms with Crippen molar-refractivity contribution < 1.29 is 28.9 Å². The van der Waals surface area contributed by atoms with Gasteiger partial charge in [-0.2, -0.15) is 5.10 Å². The first-order valence-corrected chi connectivity index (χ1v) is 11.5. The van der Waals surface area contributed by atoms with Crippen LogP contribution in [0.1, 0.15) is 34.0 Å². The van der Waals surface area contributed by atoms with Gasteiger partial charge < -0.3 is 14.2 Å². The smallest absolute Gasteiger partial charge is 0.343 e. The third-order valence-electron chi connectivity index (χ3n) is 5.63. The molecule has 0 spiro atoms. The zero-order valence-corrected chi connectivity index (χ0v) is 21.1. The number of anilines is 1. The quantitative estimate of drug-likeness (QED) is 0.154. The van der Waals surface area contributed by atoms with Crippen LogP contribution < -0.4 is 14.9 Å². The summed E-state index contributed by atoms with van der Waals surface area (Å²) in [6, 6.07) is 13.7. The summed E-state index contributed by atoms with van der Waals surface area (Å²) in [5, 5.41) is 26.9. The van der Waals surface area contributed by atoms with Crippen molar-refractivity contribution in [3.8, 4) is 11.5 Å². The number of cyclic esters (lactones) is 1. The summed E-state index contributed by atoms with van der Waals surface area (Å²) in [6.07, 6.45) is -0.609. The molecule has 1 heterocycles. The van der Waals surface area contributed by atoms with E-state index in [0.29, 0.717) is 22.6 Å². The molecule has 0 aromatic heterocycles. The van der Waals surface area contributed by atoms with Crippen LogP contribution in [0.3, 0.4) is 0 Å². The number of benzene rings is 3. The Morgan fingerprint density at radius 2 is 1.78 bits per heavy atom. The highest BCUT2D eigenvalue weighted by molar-refractivity contribution is 9.10. The molecule has 3 aromatic rings. The average Bonchev–Trinajstić information content (AvgIpc) is 3.21. The molecule has 0 bridgehead atoms. The highest BCUT2D eigenvalue weighted by atomic mass is 79.9. The summed E-state index contributed by atoms with van der Waals surface area (Å²) < 4.78 is 17.1. The maximum Gasteiger partial charge on any atom is 0.343 e. The zero-order chi connectivity index (χ0) is 26.7. The number of methoxy groups -OCH3 is 2. The summed E-state index contributed by atoms with van der Waals surface area (Å²) in [7, 11) is 2.89. The molecular weight excluding hydrogens is 552 g/mol. The lowest BCUT2D eigenvalue weighted by Gasteiger charge is -2.15. The van der Waals surface area contributed by atoms with Crippen molar-refractivity contribution in [3.63, 3.8) is 0 Å². The minimum absolute atomic E-state index is 0.0413. The molecule has 0 aliphatic carbocycles. The van der Waals surface area contributed by atoms with Crippen LogP contribution in [0.25, 0.3) is 0 Å². The largest absolute Gasteiger partial charge is 0.493 e. The number of non-ortho nitro benzene ring substituents is 1. The first-order valence-electron chi connectivity index (χ1n) is 10.7. The SMILES string of the molecule is COc1ccc2c(c1OC)C(=O)OC2C/C(=N/Nc1ccc([N+](=O)[O-])cc1[N+](=O)[O-])c1ccc(Br)cc1. The predicted molar refractivity (Wildman–Crippen MR) is 136 cm³/mol. The van der Waals surface area contributed by atoms with E-state index in [1.807, 2.05) is 0 Å². The average molecular weight is 571 g/mol. The van der Waals surface area contributed by atoms with Crippen molar-refractivity contribution in [2.75, 3.05) is 19.6 Å². The molecule has 3 aromatic carbocycles. The van der Waals surface area contributed by atoms with Gasteiger partial charge in [0.1, 0.15) is 17.4 Å². The number of fused-ring (bicyclic) bond motifs is 1.